The molecule has 4 rings (SSSR count). The van der Waals surface area contributed by atoms with Crippen LogP contribution in [0.15, 0.2) is 67.0 Å². The maximum absolute atomic E-state index is 9.40. The Kier molecular flexibility index (Phi) is 6.30. The molecular formula is C23H26N4O2S. The van der Waals surface area contributed by atoms with Crippen molar-refractivity contribution < 1.29 is 9.84 Å². The van der Waals surface area contributed by atoms with Gasteiger partial charge in [0, 0.05) is 36.9 Å². The topological polar surface area (TPSA) is 62.5 Å². The minimum atomic E-state index is -0.0752. The first-order valence-corrected chi connectivity index (χ1v) is 10.6. The minimum absolute atomic E-state index is 0.0412. The summed E-state index contributed by atoms with van der Waals surface area (Å²) in [6, 6.07) is 18.1. The number of ether oxygens (including phenoxy) is 1. The molecular weight excluding hydrogens is 396 g/mol. The van der Waals surface area contributed by atoms with E-state index in [4.69, 9.17) is 17.0 Å². The third-order valence-electron chi connectivity index (χ3n) is 5.26. The van der Waals surface area contributed by atoms with E-state index >= 15 is 0 Å². The molecule has 0 unspecified atom stereocenters. The lowest BCUT2D eigenvalue weighted by molar-refractivity contribution is 0.245. The van der Waals surface area contributed by atoms with Crippen LogP contribution < -0.4 is 10.1 Å². The molecule has 3 aromatic rings. The van der Waals surface area contributed by atoms with Crippen LogP contribution in [0.4, 0.5) is 0 Å². The second-order valence-corrected chi connectivity index (χ2v) is 7.51. The number of benzene rings is 1. The van der Waals surface area contributed by atoms with Crippen molar-refractivity contribution in [2.45, 2.75) is 25.4 Å². The first-order valence-electron chi connectivity index (χ1n) is 10.2. The van der Waals surface area contributed by atoms with Crippen molar-refractivity contribution in [2.75, 3.05) is 19.8 Å². The Morgan fingerprint density at radius 3 is 2.67 bits per heavy atom. The van der Waals surface area contributed by atoms with Crippen molar-refractivity contribution in [1.82, 2.24) is 19.8 Å². The lowest BCUT2D eigenvalue weighted by Crippen LogP contribution is -2.31. The van der Waals surface area contributed by atoms with E-state index in [1.54, 1.807) is 6.20 Å². The maximum atomic E-state index is 9.40. The summed E-state index contributed by atoms with van der Waals surface area (Å²) < 4.78 is 7.76. The summed E-state index contributed by atoms with van der Waals surface area (Å²) in [4.78, 5) is 6.74. The van der Waals surface area contributed by atoms with Crippen molar-refractivity contribution in [2.24, 2.45) is 0 Å². The summed E-state index contributed by atoms with van der Waals surface area (Å²) in [6.45, 7) is 3.42. The first-order chi connectivity index (χ1) is 14.7. The Hall–Kier alpha value is -2.90. The van der Waals surface area contributed by atoms with Gasteiger partial charge in [-0.25, -0.2) is 0 Å². The molecule has 1 aromatic carbocycles. The average Bonchev–Trinajstić information content (AvgIpc) is 3.38. The fourth-order valence-corrected chi connectivity index (χ4v) is 4.28. The summed E-state index contributed by atoms with van der Waals surface area (Å²) in [6.07, 6.45) is 4.52. The summed E-state index contributed by atoms with van der Waals surface area (Å²) in [5, 5.41) is 13.5. The van der Waals surface area contributed by atoms with Crippen molar-refractivity contribution >= 4 is 17.3 Å². The number of aliphatic hydroxyl groups excluding tert-OH is 1. The molecule has 2 aromatic heterocycles. The lowest BCUT2D eigenvalue weighted by atomic mass is 10.0. The predicted molar refractivity (Wildman–Crippen MR) is 121 cm³/mol. The van der Waals surface area contributed by atoms with Gasteiger partial charge >= 0.3 is 0 Å². The van der Waals surface area contributed by atoms with E-state index in [9.17, 15) is 5.11 Å². The van der Waals surface area contributed by atoms with Crippen molar-refractivity contribution in [3.8, 4) is 11.4 Å². The fourth-order valence-electron chi connectivity index (χ4n) is 3.95. The van der Waals surface area contributed by atoms with Crippen LogP contribution in [0.3, 0.4) is 0 Å². The molecule has 3 heterocycles. The van der Waals surface area contributed by atoms with Crippen molar-refractivity contribution in [3.63, 3.8) is 0 Å². The summed E-state index contributed by atoms with van der Waals surface area (Å²) in [5.74, 6) is 0.856. The summed E-state index contributed by atoms with van der Waals surface area (Å²) >= 11 is 5.67. The van der Waals surface area contributed by atoms with Crippen LogP contribution in [0.2, 0.25) is 0 Å². The molecule has 30 heavy (non-hydrogen) atoms. The van der Waals surface area contributed by atoms with E-state index in [-0.39, 0.29) is 18.7 Å². The number of rotatable bonds is 8. The van der Waals surface area contributed by atoms with Crippen LogP contribution >= 0.6 is 12.2 Å². The zero-order valence-electron chi connectivity index (χ0n) is 16.9. The van der Waals surface area contributed by atoms with E-state index in [2.05, 4.69) is 44.2 Å². The molecule has 0 aliphatic carbocycles. The Bertz CT molecular complexity index is 974. The molecule has 6 nitrogen and oxygen atoms in total. The van der Waals surface area contributed by atoms with Gasteiger partial charge in [-0.3, -0.25) is 4.98 Å². The molecule has 1 aliphatic heterocycles. The number of thiocarbonyl (C=S) groups is 1. The van der Waals surface area contributed by atoms with E-state index < -0.39 is 0 Å². The van der Waals surface area contributed by atoms with Gasteiger partial charge in [0.15, 0.2) is 5.11 Å². The van der Waals surface area contributed by atoms with E-state index in [0.29, 0.717) is 24.7 Å². The molecule has 156 valence electrons. The lowest BCUT2D eigenvalue weighted by Gasteiger charge is -2.28. The first kappa shape index (κ1) is 20.4. The Morgan fingerprint density at radius 2 is 1.97 bits per heavy atom. The summed E-state index contributed by atoms with van der Waals surface area (Å²) in [7, 11) is 0. The third kappa shape index (κ3) is 4.04. The largest absolute Gasteiger partial charge is 0.494 e. The molecule has 0 bridgehead atoms. The van der Waals surface area contributed by atoms with Crippen LogP contribution in [0.1, 0.15) is 36.8 Å². The minimum Gasteiger partial charge on any atom is -0.494 e. The molecule has 7 heteroatoms. The van der Waals surface area contributed by atoms with Crippen LogP contribution in [-0.4, -0.2) is 44.4 Å². The highest BCUT2D eigenvalue weighted by molar-refractivity contribution is 7.80. The molecule has 0 spiro atoms. The van der Waals surface area contributed by atoms with Crippen molar-refractivity contribution in [1.29, 1.82) is 0 Å². The third-order valence-corrected chi connectivity index (χ3v) is 5.62. The van der Waals surface area contributed by atoms with Gasteiger partial charge in [-0.1, -0.05) is 6.07 Å². The normalized spacial score (nSPS) is 18.5. The SMILES string of the molecule is CCOc1ccc(-n2cccc2[C@H]2[C@@H](c3ccccn3)NC(=S)N2CCCO)cc1. The summed E-state index contributed by atoms with van der Waals surface area (Å²) in [5.41, 5.74) is 3.11. The van der Waals surface area contributed by atoms with Crippen LogP contribution in [0.25, 0.3) is 5.69 Å². The van der Waals surface area contributed by atoms with E-state index in [1.807, 2.05) is 43.3 Å². The number of nitrogens with one attached hydrogen (secondary N) is 1. The van der Waals surface area contributed by atoms with Gasteiger partial charge in [-0.05, 0) is 74.1 Å². The maximum Gasteiger partial charge on any atom is 0.170 e. The molecule has 2 N–H and O–H groups in total. The zero-order valence-corrected chi connectivity index (χ0v) is 17.8. The quantitative estimate of drug-likeness (QED) is 0.541. The van der Waals surface area contributed by atoms with Gasteiger partial charge in [-0.2, -0.15) is 0 Å². The second kappa shape index (κ2) is 9.28. The van der Waals surface area contributed by atoms with Gasteiger partial charge < -0.3 is 24.6 Å². The number of aliphatic hydroxyl groups is 1. The highest BCUT2D eigenvalue weighted by atomic mass is 32.1. The average molecular weight is 423 g/mol. The van der Waals surface area contributed by atoms with Crippen molar-refractivity contribution in [3.05, 3.63) is 78.4 Å². The number of nitrogens with zero attached hydrogens (tertiary/aromatic N) is 3. The second-order valence-electron chi connectivity index (χ2n) is 7.13. The zero-order chi connectivity index (χ0) is 20.9. The Morgan fingerprint density at radius 1 is 1.13 bits per heavy atom. The van der Waals surface area contributed by atoms with Crippen LogP contribution in [0, 0.1) is 0 Å². The molecule has 2 atom stereocenters. The van der Waals surface area contributed by atoms with Gasteiger partial charge in [0.1, 0.15) is 5.75 Å². The van der Waals surface area contributed by atoms with Gasteiger partial charge in [0.05, 0.1) is 24.4 Å². The molecule has 0 amide bonds. The molecule has 0 saturated carbocycles. The Balaban J connectivity index is 1.73. The van der Waals surface area contributed by atoms with E-state index in [1.165, 1.54) is 0 Å². The standard InChI is InChI=1S/C23H26N4O2S/c1-2-29-18-11-9-17(10-12-18)26-14-5-8-20(26)22-21(19-7-3-4-13-24-19)25-23(30)27(22)15-6-16-28/h3-5,7-14,21-22,28H,2,6,15-16H2,1H3,(H,25,30)/t21-,22+/m1/s1. The number of hydrogen-bond acceptors (Lipinski definition) is 4. The number of hydrogen-bond donors (Lipinski definition) is 2. The highest BCUT2D eigenvalue weighted by Gasteiger charge is 2.40. The Labute approximate surface area is 182 Å². The highest BCUT2D eigenvalue weighted by Crippen LogP contribution is 2.39. The van der Waals surface area contributed by atoms with E-state index in [0.717, 1.165) is 22.8 Å². The van der Waals surface area contributed by atoms with Gasteiger partial charge in [0.2, 0.25) is 0 Å². The molecule has 1 saturated heterocycles. The number of pyridine rings is 1. The van der Waals surface area contributed by atoms with Crippen LogP contribution in [0.5, 0.6) is 5.75 Å². The van der Waals surface area contributed by atoms with Gasteiger partial charge in [-0.15, -0.1) is 0 Å². The predicted octanol–water partition coefficient (Wildman–Crippen LogP) is 3.63. The monoisotopic (exact) mass is 422 g/mol. The molecule has 1 fully saturated rings. The van der Waals surface area contributed by atoms with Crippen LogP contribution in [-0.2, 0) is 0 Å². The smallest absolute Gasteiger partial charge is 0.170 e. The molecule has 1 aliphatic rings. The fraction of sp³-hybridized carbons (Fsp3) is 0.304. The molecule has 0 radical (unpaired) electrons. The van der Waals surface area contributed by atoms with Gasteiger partial charge in [0.25, 0.3) is 0 Å². The number of aromatic nitrogens is 2.